The number of rotatable bonds is 35. The number of halogens is 3. The highest BCUT2D eigenvalue weighted by Gasteiger charge is 2.30. The van der Waals surface area contributed by atoms with Crippen LogP contribution < -0.4 is 48.8 Å². The van der Waals surface area contributed by atoms with Crippen molar-refractivity contribution in [3.05, 3.63) is 123 Å². The molecule has 0 bridgehead atoms. The summed E-state index contributed by atoms with van der Waals surface area (Å²) < 4.78 is 13.2. The number of Topliss-reactive ketones (excluding diaryl/α,β-unsaturated/α-hetero) is 1. The van der Waals surface area contributed by atoms with E-state index >= 15 is 0 Å². The van der Waals surface area contributed by atoms with E-state index in [2.05, 4.69) is 65.1 Å². The first kappa shape index (κ1) is 75.3. The molecule has 4 aromatic carbocycles. The molecule has 4 aromatic rings. The van der Waals surface area contributed by atoms with Gasteiger partial charge in [-0.25, -0.2) is 4.79 Å². The summed E-state index contributed by atoms with van der Waals surface area (Å²) in [7, 11) is 0. The second kappa shape index (κ2) is 41.3. The van der Waals surface area contributed by atoms with Crippen LogP contribution in [0.15, 0.2) is 72.8 Å². The lowest BCUT2D eigenvalue weighted by atomic mass is 9.97. The average Bonchev–Trinajstić information content (AvgIpc) is 3.37. The van der Waals surface area contributed by atoms with Crippen LogP contribution in [0.3, 0.4) is 0 Å². The van der Waals surface area contributed by atoms with Crippen LogP contribution in [0.5, 0.6) is 11.5 Å². The Morgan fingerprint density at radius 3 is 1.16 bits per heavy atom. The monoisotopic (exact) mass is 1280 g/mol. The quantitative estimate of drug-likeness (QED) is 0.0213. The van der Waals surface area contributed by atoms with Crippen LogP contribution >= 0.6 is 17.0 Å². The van der Waals surface area contributed by atoms with E-state index in [1.807, 2.05) is 96.1 Å². The molecule has 0 saturated carbocycles. The number of quaternary nitrogens is 2. The summed E-state index contributed by atoms with van der Waals surface area (Å²) in [5.41, 5.74) is 10.9. The van der Waals surface area contributed by atoms with E-state index in [-0.39, 0.29) is 68.8 Å². The van der Waals surface area contributed by atoms with Gasteiger partial charge in [0, 0.05) is 24.9 Å². The van der Waals surface area contributed by atoms with Gasteiger partial charge in [-0.15, -0.1) is 17.0 Å². The lowest BCUT2D eigenvalue weighted by Crippen LogP contribution is -3.00. The number of hydrogen-bond donors (Lipinski definition) is 1. The molecule has 1 N–H and O–H groups in total. The van der Waals surface area contributed by atoms with Crippen LogP contribution in [0.25, 0.3) is 0 Å². The maximum Gasteiger partial charge on any atom is 0.367 e. The number of carbonyl (C=O) groups excluding carboxylic acids is 4. The minimum Gasteiger partial charge on any atom is -1.00 e. The number of nitrogens with one attached hydrogen (secondary N) is 1. The average molecular weight is 1290 g/mol. The highest BCUT2D eigenvalue weighted by molar-refractivity contribution is 8.93. The number of amides is 1. The number of esters is 2. The Kier molecular flexibility index (Phi) is 39.4. The van der Waals surface area contributed by atoms with Gasteiger partial charge in [-0.1, -0.05) is 138 Å². The summed E-state index contributed by atoms with van der Waals surface area (Å²) in [5, 5.41) is 3.09. The van der Waals surface area contributed by atoms with E-state index < -0.39 is 0 Å². The Balaban J connectivity index is 0.00000148. The lowest BCUT2D eigenvalue weighted by molar-refractivity contribution is -0.919. The number of unbranched alkanes of at least 4 members (excludes halogenated alkanes) is 12. The maximum atomic E-state index is 13.1. The Labute approximate surface area is 511 Å². The number of benzene rings is 4. The molecule has 79 heavy (non-hydrogen) atoms. The fraction of sp³-hybridized carbons (Fsp3) is 0.582. The van der Waals surface area contributed by atoms with Gasteiger partial charge in [0.05, 0.1) is 39.3 Å². The topological polar surface area (TPSA) is 98.8 Å². The van der Waals surface area contributed by atoms with Crippen LogP contribution in [0.4, 0.5) is 5.69 Å². The van der Waals surface area contributed by atoms with Crippen molar-refractivity contribution in [3.63, 3.8) is 0 Å². The SMILES string of the molecule is Br.CCC[N+](CC)(CCCCCCCCCC(=O)Nc1c(C)cccc1C)CC(=O)Cc1c(C)cccc1C.CCC[N+](CC)(CCCCCCCCCC(=O)Oc1c(C)cccc1C)CC(=O)Oc1c(C)cccc1C.[Br-].[Br-]. The predicted molar refractivity (Wildman–Crippen MR) is 328 cm³/mol. The molecule has 0 aliphatic heterocycles. The van der Waals surface area contributed by atoms with Crippen LogP contribution in [0, 0.1) is 55.4 Å². The van der Waals surface area contributed by atoms with Crippen LogP contribution in [0.1, 0.15) is 193 Å². The van der Waals surface area contributed by atoms with E-state index in [0.29, 0.717) is 49.6 Å². The molecule has 9 nitrogen and oxygen atoms in total. The van der Waals surface area contributed by atoms with E-state index in [4.69, 9.17) is 9.47 Å². The first-order valence-corrected chi connectivity index (χ1v) is 29.6. The molecule has 2 unspecified atom stereocenters. The third-order valence-electron chi connectivity index (χ3n) is 15.8. The van der Waals surface area contributed by atoms with Gasteiger partial charge in [0.1, 0.15) is 18.0 Å². The van der Waals surface area contributed by atoms with Crippen LogP contribution in [0.2, 0.25) is 0 Å². The minimum absolute atomic E-state index is 0. The molecular formula is C67H104Br3N3O6. The Hall–Kier alpha value is -3.68. The van der Waals surface area contributed by atoms with E-state index in [9.17, 15) is 19.2 Å². The van der Waals surface area contributed by atoms with Crippen molar-refractivity contribution in [2.75, 3.05) is 57.7 Å². The summed E-state index contributed by atoms with van der Waals surface area (Å²) in [5.74, 6) is 1.65. The molecule has 12 heteroatoms. The Morgan fingerprint density at radius 2 is 0.759 bits per heavy atom. The number of anilines is 1. The number of para-hydroxylation sites is 3. The van der Waals surface area contributed by atoms with Crippen molar-refractivity contribution in [1.29, 1.82) is 0 Å². The summed E-state index contributed by atoms with van der Waals surface area (Å²) in [6, 6.07) is 24.3. The normalized spacial score (nSPS) is 12.3. The van der Waals surface area contributed by atoms with Gasteiger partial charge in [-0.3, -0.25) is 14.4 Å². The standard InChI is InChI=1S/C34H52N2O2.C33H50NO4.3BrH/c1-7-23-36(8-2,26-31(37)25-32-27(3)18-16-19-28(32)4)24-15-13-11-9-10-12-14-22-33(38)35-34-29(5)20-17-21-30(34)6;1-7-23-34(8-2,25-31(36)38-33-28(5)20-17-21-29(33)6)24-15-13-11-9-10-12-14-22-30(35)37-32-26(3)18-16-19-27(32)4;;;/h16-21H,7-15,22-26H2,1-6H3;16-21H,7-15,22-25H2,1-6H3;3*1H/q;+1;;;/p-1. The van der Waals surface area contributed by atoms with Crippen molar-refractivity contribution < 1.29 is 71.6 Å². The highest BCUT2D eigenvalue weighted by atomic mass is 79.9. The van der Waals surface area contributed by atoms with Gasteiger partial charge in [0.2, 0.25) is 5.91 Å². The molecule has 0 aromatic heterocycles. The fourth-order valence-electron chi connectivity index (χ4n) is 11.0. The van der Waals surface area contributed by atoms with Crippen molar-refractivity contribution in [1.82, 2.24) is 0 Å². The Bertz CT molecular complexity index is 2160. The molecule has 0 radical (unpaired) electrons. The molecule has 2 atom stereocenters. The van der Waals surface area contributed by atoms with Gasteiger partial charge in [-0.05, 0) is 171 Å². The van der Waals surface area contributed by atoms with Gasteiger partial charge in [0.15, 0.2) is 12.3 Å². The van der Waals surface area contributed by atoms with E-state index in [1.54, 1.807) is 0 Å². The zero-order valence-electron chi connectivity index (χ0n) is 51.0. The number of ether oxygens (including phenoxy) is 2. The zero-order chi connectivity index (χ0) is 55.9. The smallest absolute Gasteiger partial charge is 0.367 e. The first-order valence-electron chi connectivity index (χ1n) is 29.6. The molecule has 0 saturated heterocycles. The number of aryl methyl sites for hydroxylation is 8. The first-order chi connectivity index (χ1) is 36.4. The largest absolute Gasteiger partial charge is 1.00 e. The molecular weight excluding hydrogens is 1180 g/mol. The molecule has 4 rings (SSSR count). The van der Waals surface area contributed by atoms with Crippen LogP contribution in [-0.4, -0.2) is 85.0 Å². The third kappa shape index (κ3) is 27.8. The Morgan fingerprint density at radius 1 is 0.418 bits per heavy atom. The zero-order valence-corrected chi connectivity index (χ0v) is 55.9. The molecule has 0 spiro atoms. The summed E-state index contributed by atoms with van der Waals surface area (Å²) >= 11 is 0. The van der Waals surface area contributed by atoms with Crippen molar-refractivity contribution in [2.45, 2.75) is 205 Å². The molecule has 1 amide bonds. The molecule has 444 valence electrons. The number of likely N-dealkylation sites (N-methyl/N-ethyl adjacent to an activating group) is 2. The molecule has 0 aliphatic carbocycles. The summed E-state index contributed by atoms with van der Waals surface area (Å²) in [4.78, 5) is 50.6. The fourth-order valence-corrected chi connectivity index (χ4v) is 11.0. The molecule has 0 aliphatic rings. The van der Waals surface area contributed by atoms with Gasteiger partial charge in [-0.2, -0.15) is 0 Å². The highest BCUT2D eigenvalue weighted by Crippen LogP contribution is 2.26. The second-order valence-electron chi connectivity index (χ2n) is 22.3. The maximum absolute atomic E-state index is 13.1. The van der Waals surface area contributed by atoms with E-state index in [0.717, 1.165) is 139 Å². The number of ketones is 1. The number of nitrogens with zero attached hydrogens (tertiary/aromatic N) is 2. The number of carbonyl (C=O) groups is 4. The summed E-state index contributed by atoms with van der Waals surface area (Å²) in [6.07, 6.45) is 19.6. The van der Waals surface area contributed by atoms with Gasteiger partial charge >= 0.3 is 11.9 Å². The summed E-state index contributed by atoms with van der Waals surface area (Å²) in [6.45, 7) is 32.3. The predicted octanol–water partition coefficient (Wildman–Crippen LogP) is 10.4. The van der Waals surface area contributed by atoms with E-state index in [1.165, 1.54) is 68.1 Å². The third-order valence-corrected chi connectivity index (χ3v) is 15.8. The molecule has 0 fully saturated rings. The molecule has 0 heterocycles. The van der Waals surface area contributed by atoms with Crippen molar-refractivity contribution in [3.8, 4) is 11.5 Å². The minimum atomic E-state index is -0.136. The van der Waals surface area contributed by atoms with Gasteiger partial charge in [0.25, 0.3) is 0 Å². The van der Waals surface area contributed by atoms with Crippen molar-refractivity contribution >= 4 is 46.3 Å². The van der Waals surface area contributed by atoms with Crippen molar-refractivity contribution in [2.24, 2.45) is 0 Å². The van der Waals surface area contributed by atoms with Crippen LogP contribution in [-0.2, 0) is 25.6 Å². The number of hydrogen-bond acceptors (Lipinski definition) is 6. The second-order valence-corrected chi connectivity index (χ2v) is 22.3. The van der Waals surface area contributed by atoms with Gasteiger partial charge < -0.3 is 57.7 Å². The lowest BCUT2D eigenvalue weighted by Gasteiger charge is -2.37.